The molecular formula is C15H23ClN2. The van der Waals surface area contributed by atoms with Crippen LogP contribution in [0, 0.1) is 5.92 Å². The van der Waals surface area contributed by atoms with Crippen molar-refractivity contribution in [2.75, 3.05) is 11.4 Å². The summed E-state index contributed by atoms with van der Waals surface area (Å²) in [6.45, 7) is 7.88. The third kappa shape index (κ3) is 2.97. The Balaban J connectivity index is 2.30. The number of pyridine rings is 1. The number of rotatable bonds is 3. The molecule has 1 aromatic heterocycles. The second-order valence-electron chi connectivity index (χ2n) is 5.50. The smallest absolute Gasteiger partial charge is 0.129 e. The molecule has 1 aliphatic rings. The molecule has 100 valence electrons. The van der Waals surface area contributed by atoms with Gasteiger partial charge in [-0.05, 0) is 49.8 Å². The molecule has 0 aromatic carbocycles. The molecule has 1 aromatic rings. The number of anilines is 1. The molecule has 0 amide bonds. The molecule has 1 aliphatic heterocycles. The van der Waals surface area contributed by atoms with E-state index in [1.807, 2.05) is 0 Å². The van der Waals surface area contributed by atoms with Crippen LogP contribution in [0.15, 0.2) is 12.1 Å². The Morgan fingerprint density at radius 2 is 2.11 bits per heavy atom. The van der Waals surface area contributed by atoms with Crippen LogP contribution in [-0.4, -0.2) is 17.6 Å². The highest BCUT2D eigenvalue weighted by Gasteiger charge is 2.24. The van der Waals surface area contributed by atoms with Gasteiger partial charge in [0.25, 0.3) is 0 Å². The zero-order valence-corrected chi connectivity index (χ0v) is 12.4. The molecule has 2 rings (SSSR count). The first-order valence-corrected chi connectivity index (χ1v) is 7.50. The van der Waals surface area contributed by atoms with Gasteiger partial charge in [-0.1, -0.05) is 13.8 Å². The Morgan fingerprint density at radius 1 is 1.33 bits per heavy atom. The van der Waals surface area contributed by atoms with Crippen molar-refractivity contribution in [1.82, 2.24) is 4.98 Å². The van der Waals surface area contributed by atoms with E-state index < -0.39 is 0 Å². The lowest BCUT2D eigenvalue weighted by Crippen LogP contribution is -2.41. The molecule has 0 N–H and O–H groups in total. The van der Waals surface area contributed by atoms with E-state index in [9.17, 15) is 0 Å². The van der Waals surface area contributed by atoms with Gasteiger partial charge in [0, 0.05) is 24.2 Å². The van der Waals surface area contributed by atoms with Crippen molar-refractivity contribution in [2.24, 2.45) is 5.92 Å². The van der Waals surface area contributed by atoms with Crippen molar-refractivity contribution < 1.29 is 0 Å². The van der Waals surface area contributed by atoms with Crippen molar-refractivity contribution in [3.63, 3.8) is 0 Å². The average Bonchev–Trinajstić information content (AvgIpc) is 2.40. The van der Waals surface area contributed by atoms with E-state index in [0.29, 0.717) is 11.9 Å². The predicted molar refractivity (Wildman–Crippen MR) is 78.4 cm³/mol. The first-order chi connectivity index (χ1) is 8.63. The molecule has 1 saturated heterocycles. The van der Waals surface area contributed by atoms with Gasteiger partial charge in [-0.2, -0.15) is 0 Å². The largest absolute Gasteiger partial charge is 0.354 e. The minimum Gasteiger partial charge on any atom is -0.354 e. The van der Waals surface area contributed by atoms with E-state index in [0.717, 1.165) is 30.4 Å². The molecule has 0 bridgehead atoms. The molecular weight excluding hydrogens is 244 g/mol. The van der Waals surface area contributed by atoms with Crippen LogP contribution in [0.2, 0.25) is 0 Å². The molecule has 18 heavy (non-hydrogen) atoms. The Hall–Kier alpha value is -0.760. The van der Waals surface area contributed by atoms with E-state index in [4.69, 9.17) is 16.6 Å². The summed E-state index contributed by atoms with van der Waals surface area (Å²) >= 11 is 5.99. The minimum atomic E-state index is 0.570. The summed E-state index contributed by atoms with van der Waals surface area (Å²) in [6.07, 6.45) is 3.55. The van der Waals surface area contributed by atoms with Gasteiger partial charge in [0.2, 0.25) is 0 Å². The van der Waals surface area contributed by atoms with Gasteiger partial charge in [-0.25, -0.2) is 4.98 Å². The summed E-state index contributed by atoms with van der Waals surface area (Å²) in [5, 5.41) is 0. The molecule has 3 heteroatoms. The Bertz CT molecular complexity index is 383. The molecule has 0 spiro atoms. The highest BCUT2D eigenvalue weighted by molar-refractivity contribution is 6.17. The number of aromatic nitrogens is 1. The number of halogens is 1. The Kier molecular flexibility index (Phi) is 4.50. The second-order valence-corrected chi connectivity index (χ2v) is 5.76. The van der Waals surface area contributed by atoms with E-state index in [1.165, 1.54) is 18.4 Å². The normalized spacial score (nSPS) is 24.3. The molecule has 2 heterocycles. The Morgan fingerprint density at radius 3 is 2.78 bits per heavy atom. The fraction of sp³-hybridized carbons (Fsp3) is 0.667. The average molecular weight is 267 g/mol. The van der Waals surface area contributed by atoms with E-state index >= 15 is 0 Å². The van der Waals surface area contributed by atoms with E-state index in [-0.39, 0.29) is 0 Å². The lowest BCUT2D eigenvalue weighted by atomic mass is 9.95. The Labute approximate surface area is 115 Å². The maximum absolute atomic E-state index is 5.99. The molecule has 2 unspecified atom stereocenters. The lowest BCUT2D eigenvalue weighted by molar-refractivity contribution is 0.388. The van der Waals surface area contributed by atoms with Crippen LogP contribution in [-0.2, 0) is 12.3 Å². The van der Waals surface area contributed by atoms with Gasteiger partial charge < -0.3 is 4.90 Å². The topological polar surface area (TPSA) is 16.1 Å². The third-order valence-corrected chi connectivity index (χ3v) is 4.16. The van der Waals surface area contributed by atoms with Crippen LogP contribution < -0.4 is 4.90 Å². The van der Waals surface area contributed by atoms with Gasteiger partial charge in [0.15, 0.2) is 0 Å². The van der Waals surface area contributed by atoms with Crippen LogP contribution in [0.1, 0.15) is 44.9 Å². The summed E-state index contributed by atoms with van der Waals surface area (Å²) in [7, 11) is 0. The predicted octanol–water partition coefficient (Wildman–Crippen LogP) is 4.01. The van der Waals surface area contributed by atoms with Gasteiger partial charge >= 0.3 is 0 Å². The standard InChI is InChI=1S/C15H23ClN2/c1-4-14-7-13(9-16)8-15(17-14)18-10-11(2)5-6-12(18)3/h7-8,11-12H,4-6,9-10H2,1-3H3. The van der Waals surface area contributed by atoms with E-state index in [1.54, 1.807) is 0 Å². The lowest BCUT2D eigenvalue weighted by Gasteiger charge is -2.38. The van der Waals surface area contributed by atoms with Crippen molar-refractivity contribution in [3.8, 4) is 0 Å². The van der Waals surface area contributed by atoms with Gasteiger partial charge in [-0.15, -0.1) is 11.6 Å². The molecule has 1 fully saturated rings. The number of nitrogens with zero attached hydrogens (tertiary/aromatic N) is 2. The van der Waals surface area contributed by atoms with Gasteiger partial charge in [0.05, 0.1) is 0 Å². The molecule has 2 atom stereocenters. The fourth-order valence-electron chi connectivity index (χ4n) is 2.65. The van der Waals surface area contributed by atoms with Crippen molar-refractivity contribution in [3.05, 3.63) is 23.4 Å². The SMILES string of the molecule is CCc1cc(CCl)cc(N2CC(C)CCC2C)n1. The van der Waals surface area contributed by atoms with Crippen LogP contribution >= 0.6 is 11.6 Å². The summed E-state index contributed by atoms with van der Waals surface area (Å²) in [6, 6.07) is 4.86. The van der Waals surface area contributed by atoms with Crippen LogP contribution in [0.5, 0.6) is 0 Å². The zero-order chi connectivity index (χ0) is 13.1. The van der Waals surface area contributed by atoms with Gasteiger partial charge in [-0.3, -0.25) is 0 Å². The first kappa shape index (κ1) is 13.7. The fourth-order valence-corrected chi connectivity index (χ4v) is 2.80. The number of hydrogen-bond donors (Lipinski definition) is 0. The van der Waals surface area contributed by atoms with E-state index in [2.05, 4.69) is 37.8 Å². The maximum atomic E-state index is 5.99. The number of alkyl halides is 1. The summed E-state index contributed by atoms with van der Waals surface area (Å²) < 4.78 is 0. The van der Waals surface area contributed by atoms with Gasteiger partial charge in [0.1, 0.15) is 5.82 Å². The maximum Gasteiger partial charge on any atom is 0.129 e. The van der Waals surface area contributed by atoms with Crippen LogP contribution in [0.4, 0.5) is 5.82 Å². The zero-order valence-electron chi connectivity index (χ0n) is 11.6. The molecule has 2 nitrogen and oxygen atoms in total. The highest BCUT2D eigenvalue weighted by atomic mass is 35.5. The summed E-state index contributed by atoms with van der Waals surface area (Å²) in [5.74, 6) is 2.44. The quantitative estimate of drug-likeness (QED) is 0.769. The molecule has 0 radical (unpaired) electrons. The van der Waals surface area contributed by atoms with Crippen LogP contribution in [0.3, 0.4) is 0 Å². The number of hydrogen-bond acceptors (Lipinski definition) is 2. The summed E-state index contributed by atoms with van der Waals surface area (Å²) in [4.78, 5) is 7.22. The van der Waals surface area contributed by atoms with Crippen molar-refractivity contribution in [1.29, 1.82) is 0 Å². The van der Waals surface area contributed by atoms with Crippen molar-refractivity contribution in [2.45, 2.75) is 52.0 Å². The number of piperidine rings is 1. The third-order valence-electron chi connectivity index (χ3n) is 3.85. The first-order valence-electron chi connectivity index (χ1n) is 6.96. The summed E-state index contributed by atoms with van der Waals surface area (Å²) in [5.41, 5.74) is 2.33. The highest BCUT2D eigenvalue weighted by Crippen LogP contribution is 2.27. The molecule has 0 aliphatic carbocycles. The second kappa shape index (κ2) is 5.92. The van der Waals surface area contributed by atoms with Crippen LogP contribution in [0.25, 0.3) is 0 Å². The monoisotopic (exact) mass is 266 g/mol. The van der Waals surface area contributed by atoms with Crippen molar-refractivity contribution >= 4 is 17.4 Å². The minimum absolute atomic E-state index is 0.570. The molecule has 0 saturated carbocycles. The number of aryl methyl sites for hydroxylation is 1.